The zero-order valence-electron chi connectivity index (χ0n) is 10.2. The van der Waals surface area contributed by atoms with Crippen LogP contribution in [0.4, 0.5) is 0 Å². The number of rotatable bonds is 2. The first-order valence-electron chi connectivity index (χ1n) is 6.27. The molecule has 1 aliphatic heterocycles. The molecule has 1 saturated heterocycles. The van der Waals surface area contributed by atoms with Gasteiger partial charge in [0.25, 0.3) is 5.91 Å². The van der Waals surface area contributed by atoms with Gasteiger partial charge in [0, 0.05) is 6.54 Å². The Kier molecular flexibility index (Phi) is 4.55. The number of hydrogen-bond donors (Lipinski definition) is 1. The van der Waals surface area contributed by atoms with Gasteiger partial charge in [0.2, 0.25) is 0 Å². The third kappa shape index (κ3) is 3.00. The summed E-state index contributed by atoms with van der Waals surface area (Å²) in [6, 6.07) is 4.92. The summed E-state index contributed by atoms with van der Waals surface area (Å²) in [4.78, 5) is 18.1. The van der Waals surface area contributed by atoms with E-state index in [0.29, 0.717) is 17.4 Å². The molecule has 5 heteroatoms. The van der Waals surface area contributed by atoms with Crippen molar-refractivity contribution in [3.63, 3.8) is 0 Å². The standard InChI is InChI=1S/C13H17ClN2O2/c14-12-7-4-6-11(15-12)13(18)16-8-3-1-2-5-10(16)9-17/h4,6-7,10,17H,1-3,5,8-9H2. The lowest BCUT2D eigenvalue weighted by Gasteiger charge is -2.28. The zero-order chi connectivity index (χ0) is 13.0. The number of pyridine rings is 1. The largest absolute Gasteiger partial charge is 0.394 e. The minimum Gasteiger partial charge on any atom is -0.394 e. The van der Waals surface area contributed by atoms with Crippen molar-refractivity contribution in [2.45, 2.75) is 31.7 Å². The van der Waals surface area contributed by atoms with Crippen molar-refractivity contribution in [2.75, 3.05) is 13.2 Å². The fraction of sp³-hybridized carbons (Fsp3) is 0.538. The Morgan fingerprint density at radius 1 is 1.44 bits per heavy atom. The molecule has 2 rings (SSSR count). The SMILES string of the molecule is O=C(c1cccc(Cl)n1)N1CCCCCC1CO. The molecule has 0 aliphatic carbocycles. The first-order chi connectivity index (χ1) is 8.72. The van der Waals surface area contributed by atoms with Crippen LogP contribution in [0.15, 0.2) is 18.2 Å². The van der Waals surface area contributed by atoms with Crippen LogP contribution >= 0.6 is 11.6 Å². The summed E-state index contributed by atoms with van der Waals surface area (Å²) >= 11 is 5.80. The molecule has 0 spiro atoms. The Balaban J connectivity index is 2.19. The van der Waals surface area contributed by atoms with E-state index in [9.17, 15) is 9.90 Å². The van der Waals surface area contributed by atoms with Gasteiger partial charge in [0.1, 0.15) is 10.8 Å². The van der Waals surface area contributed by atoms with E-state index in [1.165, 1.54) is 0 Å². The molecule has 0 saturated carbocycles. The summed E-state index contributed by atoms with van der Waals surface area (Å²) in [5, 5.41) is 9.71. The van der Waals surface area contributed by atoms with E-state index in [1.54, 1.807) is 23.1 Å². The Morgan fingerprint density at radius 2 is 2.28 bits per heavy atom. The molecule has 0 aromatic carbocycles. The van der Waals surface area contributed by atoms with E-state index in [1.807, 2.05) is 0 Å². The molecule has 1 fully saturated rings. The van der Waals surface area contributed by atoms with Crippen LogP contribution in [0, 0.1) is 0 Å². The lowest BCUT2D eigenvalue weighted by molar-refractivity contribution is 0.0594. The highest BCUT2D eigenvalue weighted by molar-refractivity contribution is 6.29. The van der Waals surface area contributed by atoms with Gasteiger partial charge in [-0.15, -0.1) is 0 Å². The maximum absolute atomic E-state index is 12.4. The van der Waals surface area contributed by atoms with E-state index >= 15 is 0 Å². The van der Waals surface area contributed by atoms with Gasteiger partial charge in [-0.2, -0.15) is 0 Å². The quantitative estimate of drug-likeness (QED) is 0.836. The molecule has 1 aromatic heterocycles. The smallest absolute Gasteiger partial charge is 0.272 e. The summed E-state index contributed by atoms with van der Waals surface area (Å²) in [7, 11) is 0. The maximum Gasteiger partial charge on any atom is 0.272 e. The number of carbonyl (C=O) groups excluding carboxylic acids is 1. The van der Waals surface area contributed by atoms with Crippen molar-refractivity contribution >= 4 is 17.5 Å². The second kappa shape index (κ2) is 6.16. The Bertz CT molecular complexity index is 425. The second-order valence-corrected chi connectivity index (χ2v) is 4.92. The third-order valence-electron chi connectivity index (χ3n) is 3.28. The first-order valence-corrected chi connectivity index (χ1v) is 6.64. The monoisotopic (exact) mass is 268 g/mol. The summed E-state index contributed by atoms with van der Waals surface area (Å²) in [6.45, 7) is 0.685. The van der Waals surface area contributed by atoms with Crippen LogP contribution in [-0.2, 0) is 0 Å². The van der Waals surface area contributed by atoms with E-state index in [0.717, 1.165) is 25.7 Å². The highest BCUT2D eigenvalue weighted by Crippen LogP contribution is 2.19. The lowest BCUT2D eigenvalue weighted by Crippen LogP contribution is -2.42. The van der Waals surface area contributed by atoms with E-state index in [2.05, 4.69) is 4.98 Å². The fourth-order valence-corrected chi connectivity index (χ4v) is 2.47. The number of aromatic nitrogens is 1. The van der Waals surface area contributed by atoms with Crippen molar-refractivity contribution in [1.82, 2.24) is 9.88 Å². The molecule has 1 amide bonds. The van der Waals surface area contributed by atoms with Gasteiger partial charge in [0.15, 0.2) is 0 Å². The van der Waals surface area contributed by atoms with Crippen molar-refractivity contribution in [2.24, 2.45) is 0 Å². The number of likely N-dealkylation sites (tertiary alicyclic amines) is 1. The van der Waals surface area contributed by atoms with Crippen molar-refractivity contribution in [3.05, 3.63) is 29.0 Å². The van der Waals surface area contributed by atoms with E-state index in [-0.39, 0.29) is 18.6 Å². The Labute approximate surface area is 112 Å². The Hall–Kier alpha value is -1.13. The molecule has 18 heavy (non-hydrogen) atoms. The summed E-state index contributed by atoms with van der Waals surface area (Å²) in [5.74, 6) is -0.140. The normalized spacial score (nSPS) is 20.6. The van der Waals surface area contributed by atoms with Crippen LogP contribution in [0.3, 0.4) is 0 Å². The molecule has 2 heterocycles. The van der Waals surface area contributed by atoms with Crippen molar-refractivity contribution < 1.29 is 9.90 Å². The molecule has 1 atom stereocenters. The van der Waals surface area contributed by atoms with Gasteiger partial charge < -0.3 is 10.0 Å². The number of halogens is 1. The van der Waals surface area contributed by atoms with Gasteiger partial charge in [-0.1, -0.05) is 30.5 Å². The molecule has 1 aliphatic rings. The number of aliphatic hydroxyl groups excluding tert-OH is 1. The number of aliphatic hydroxyl groups is 1. The van der Waals surface area contributed by atoms with Crippen LogP contribution in [-0.4, -0.2) is 40.1 Å². The highest BCUT2D eigenvalue weighted by atomic mass is 35.5. The second-order valence-electron chi connectivity index (χ2n) is 4.53. The molecule has 0 bridgehead atoms. The zero-order valence-corrected chi connectivity index (χ0v) is 10.9. The van der Waals surface area contributed by atoms with Crippen LogP contribution in [0.25, 0.3) is 0 Å². The molecule has 0 radical (unpaired) electrons. The van der Waals surface area contributed by atoms with Gasteiger partial charge in [0.05, 0.1) is 12.6 Å². The predicted octanol–water partition coefficient (Wildman–Crippen LogP) is 2.11. The van der Waals surface area contributed by atoms with Crippen molar-refractivity contribution in [3.8, 4) is 0 Å². The van der Waals surface area contributed by atoms with Gasteiger partial charge in [-0.05, 0) is 25.0 Å². The summed E-state index contributed by atoms with van der Waals surface area (Å²) < 4.78 is 0. The van der Waals surface area contributed by atoms with Crippen LogP contribution in [0.5, 0.6) is 0 Å². The Morgan fingerprint density at radius 3 is 3.00 bits per heavy atom. The summed E-state index contributed by atoms with van der Waals surface area (Å²) in [5.41, 5.74) is 0.350. The fourth-order valence-electron chi connectivity index (χ4n) is 2.31. The molecule has 4 nitrogen and oxygen atoms in total. The van der Waals surface area contributed by atoms with Gasteiger partial charge >= 0.3 is 0 Å². The maximum atomic E-state index is 12.4. The number of amides is 1. The number of carbonyl (C=O) groups is 1. The van der Waals surface area contributed by atoms with Crippen molar-refractivity contribution in [1.29, 1.82) is 0 Å². The van der Waals surface area contributed by atoms with E-state index in [4.69, 9.17) is 11.6 Å². The van der Waals surface area contributed by atoms with Crippen LogP contribution in [0.1, 0.15) is 36.2 Å². The number of hydrogen-bond acceptors (Lipinski definition) is 3. The molecular weight excluding hydrogens is 252 g/mol. The summed E-state index contributed by atoms with van der Waals surface area (Å²) in [6.07, 6.45) is 3.98. The van der Waals surface area contributed by atoms with Crippen LogP contribution < -0.4 is 0 Å². The average molecular weight is 269 g/mol. The van der Waals surface area contributed by atoms with Gasteiger partial charge in [-0.25, -0.2) is 4.98 Å². The topological polar surface area (TPSA) is 53.4 Å². The predicted molar refractivity (Wildman–Crippen MR) is 69.6 cm³/mol. The molecule has 1 aromatic rings. The molecule has 1 unspecified atom stereocenters. The van der Waals surface area contributed by atoms with E-state index < -0.39 is 0 Å². The highest BCUT2D eigenvalue weighted by Gasteiger charge is 2.26. The molecular formula is C13H17ClN2O2. The third-order valence-corrected chi connectivity index (χ3v) is 3.49. The minimum atomic E-state index is -0.140. The van der Waals surface area contributed by atoms with Crippen LogP contribution in [0.2, 0.25) is 5.15 Å². The van der Waals surface area contributed by atoms with Gasteiger partial charge in [-0.3, -0.25) is 4.79 Å². The number of nitrogens with zero attached hydrogens (tertiary/aromatic N) is 2. The average Bonchev–Trinajstić information content (AvgIpc) is 2.62. The lowest BCUT2D eigenvalue weighted by atomic mass is 10.1. The first kappa shape index (κ1) is 13.3. The molecule has 98 valence electrons. The molecule has 1 N–H and O–H groups in total. The minimum absolute atomic E-state index is 0.00626.